The second-order valence-corrected chi connectivity index (χ2v) is 7.00. The molecule has 0 unspecified atom stereocenters. The molecule has 17 heavy (non-hydrogen) atoms. The standard InChI is InChI=1S/C8H12O7P2/c9-16(10,11)8(17(12,13)14)15-6-7-4-2-1-3-5-7/h1-5,8H,6H2,(H2,9,10,11)(H2,12,13,14). The number of hydrogen-bond acceptors (Lipinski definition) is 3. The minimum Gasteiger partial charge on any atom is -0.350 e. The van der Waals surface area contributed by atoms with Crippen LogP contribution < -0.4 is 0 Å². The maximum Gasteiger partial charge on any atom is 0.366 e. The minimum atomic E-state index is -5.02. The van der Waals surface area contributed by atoms with Gasteiger partial charge in [0.05, 0.1) is 6.61 Å². The lowest BCUT2D eigenvalue weighted by Crippen LogP contribution is -2.13. The zero-order valence-electron chi connectivity index (χ0n) is 8.58. The van der Waals surface area contributed by atoms with Gasteiger partial charge in [-0.25, -0.2) is 0 Å². The molecule has 1 aromatic rings. The highest BCUT2D eigenvalue weighted by Crippen LogP contribution is 2.60. The molecule has 0 saturated heterocycles. The zero-order chi connectivity index (χ0) is 13.1. The Morgan fingerprint density at radius 2 is 1.47 bits per heavy atom. The van der Waals surface area contributed by atoms with Crippen LogP contribution in [0.2, 0.25) is 0 Å². The molecule has 0 heterocycles. The molecule has 1 rings (SSSR count). The summed E-state index contributed by atoms with van der Waals surface area (Å²) in [5.74, 6) is 0. The van der Waals surface area contributed by atoms with Crippen molar-refractivity contribution in [3.8, 4) is 0 Å². The van der Waals surface area contributed by atoms with Crippen LogP contribution in [-0.2, 0) is 20.5 Å². The third-order valence-electron chi connectivity index (χ3n) is 1.82. The van der Waals surface area contributed by atoms with Crippen molar-refractivity contribution in [2.75, 3.05) is 0 Å². The molecule has 0 radical (unpaired) electrons. The SMILES string of the molecule is O=P(O)(O)C(OCc1ccccc1)P(=O)(O)O. The van der Waals surface area contributed by atoms with E-state index in [1.807, 2.05) is 0 Å². The van der Waals surface area contributed by atoms with Crippen LogP contribution in [0.25, 0.3) is 0 Å². The van der Waals surface area contributed by atoms with E-state index in [1.165, 1.54) is 0 Å². The molecule has 0 aliphatic rings. The van der Waals surface area contributed by atoms with Crippen LogP contribution >= 0.6 is 15.2 Å². The van der Waals surface area contributed by atoms with Crippen molar-refractivity contribution in [1.82, 2.24) is 0 Å². The summed E-state index contributed by atoms with van der Waals surface area (Å²) in [6.45, 7) is -0.290. The Labute approximate surface area is 97.4 Å². The predicted molar refractivity (Wildman–Crippen MR) is 59.1 cm³/mol. The molecule has 0 bridgehead atoms. The van der Waals surface area contributed by atoms with Crippen molar-refractivity contribution in [2.45, 2.75) is 12.2 Å². The van der Waals surface area contributed by atoms with E-state index in [2.05, 4.69) is 4.74 Å². The first-order valence-electron chi connectivity index (χ1n) is 4.47. The van der Waals surface area contributed by atoms with Crippen LogP contribution in [0.1, 0.15) is 5.56 Å². The van der Waals surface area contributed by atoms with E-state index in [0.717, 1.165) is 0 Å². The molecule has 0 spiro atoms. The first-order valence-corrected chi connectivity index (χ1v) is 7.83. The first-order chi connectivity index (χ1) is 7.71. The van der Waals surface area contributed by atoms with Gasteiger partial charge in [-0.05, 0) is 5.56 Å². The molecule has 0 aliphatic carbocycles. The molecule has 7 nitrogen and oxygen atoms in total. The van der Waals surface area contributed by atoms with Gasteiger partial charge in [0.25, 0.3) is 5.59 Å². The maximum absolute atomic E-state index is 10.9. The Morgan fingerprint density at radius 1 is 1.00 bits per heavy atom. The fraction of sp³-hybridized carbons (Fsp3) is 0.250. The number of benzene rings is 1. The van der Waals surface area contributed by atoms with Crippen LogP contribution in [0.4, 0.5) is 0 Å². The smallest absolute Gasteiger partial charge is 0.350 e. The Bertz CT molecular complexity index is 426. The van der Waals surface area contributed by atoms with Crippen molar-refractivity contribution < 1.29 is 33.4 Å². The highest BCUT2D eigenvalue weighted by molar-refractivity contribution is 7.70. The zero-order valence-corrected chi connectivity index (χ0v) is 10.4. The Balaban J connectivity index is 2.77. The second kappa shape index (κ2) is 5.42. The molecule has 96 valence electrons. The van der Waals surface area contributed by atoms with Crippen LogP contribution in [0.5, 0.6) is 0 Å². The van der Waals surface area contributed by atoms with Crippen molar-refractivity contribution in [1.29, 1.82) is 0 Å². The van der Waals surface area contributed by atoms with E-state index >= 15 is 0 Å². The summed E-state index contributed by atoms with van der Waals surface area (Å²) in [4.78, 5) is 35.1. The molecule has 0 atom stereocenters. The summed E-state index contributed by atoms with van der Waals surface area (Å²) in [5, 5.41) is 0. The third kappa shape index (κ3) is 4.69. The molecule has 0 saturated carbocycles. The molecule has 4 N–H and O–H groups in total. The van der Waals surface area contributed by atoms with E-state index in [-0.39, 0.29) is 6.61 Å². The molecule has 0 aromatic heterocycles. The summed E-state index contributed by atoms with van der Waals surface area (Å²) in [5.41, 5.74) is -1.87. The molecular formula is C8H12O7P2. The van der Waals surface area contributed by atoms with Gasteiger partial charge in [-0.3, -0.25) is 9.13 Å². The fourth-order valence-electron chi connectivity index (χ4n) is 1.14. The van der Waals surface area contributed by atoms with Crippen LogP contribution in [0.15, 0.2) is 30.3 Å². The fourth-order valence-corrected chi connectivity index (χ4v) is 3.24. The van der Waals surface area contributed by atoms with Gasteiger partial charge in [0.1, 0.15) is 0 Å². The number of hydrogen-bond donors (Lipinski definition) is 4. The second-order valence-electron chi connectivity index (χ2n) is 3.30. The molecule has 0 aliphatic heterocycles. The molecule has 9 heteroatoms. The molecule has 0 fully saturated rings. The normalized spacial score (nSPS) is 13.0. The Morgan fingerprint density at radius 3 is 1.88 bits per heavy atom. The summed E-state index contributed by atoms with van der Waals surface area (Å²) >= 11 is 0. The van der Waals surface area contributed by atoms with E-state index in [0.29, 0.717) is 5.56 Å². The van der Waals surface area contributed by atoms with Gasteiger partial charge in [-0.2, -0.15) is 0 Å². The minimum absolute atomic E-state index is 0.290. The van der Waals surface area contributed by atoms with Crippen LogP contribution in [0, 0.1) is 0 Å². The number of rotatable bonds is 5. The van der Waals surface area contributed by atoms with Crippen molar-refractivity contribution >= 4 is 15.2 Å². The van der Waals surface area contributed by atoms with E-state index in [4.69, 9.17) is 19.6 Å². The van der Waals surface area contributed by atoms with Gasteiger partial charge in [-0.15, -0.1) is 0 Å². The van der Waals surface area contributed by atoms with E-state index < -0.39 is 20.8 Å². The Hall–Kier alpha value is -0.520. The lowest BCUT2D eigenvalue weighted by Gasteiger charge is -2.19. The predicted octanol–water partition coefficient (Wildman–Crippen LogP) is 0.842. The summed E-state index contributed by atoms with van der Waals surface area (Å²) in [6, 6.07) is 8.28. The maximum atomic E-state index is 10.9. The summed E-state index contributed by atoms with van der Waals surface area (Å²) in [7, 11) is -10.0. The topological polar surface area (TPSA) is 124 Å². The van der Waals surface area contributed by atoms with Crippen LogP contribution in [0.3, 0.4) is 0 Å². The van der Waals surface area contributed by atoms with Crippen molar-refractivity contribution in [3.05, 3.63) is 35.9 Å². The largest absolute Gasteiger partial charge is 0.366 e. The van der Waals surface area contributed by atoms with Gasteiger partial charge >= 0.3 is 15.2 Å². The molecule has 1 aromatic carbocycles. The van der Waals surface area contributed by atoms with Crippen LogP contribution in [-0.4, -0.2) is 25.2 Å². The quantitative estimate of drug-likeness (QED) is 0.590. The van der Waals surface area contributed by atoms with E-state index in [9.17, 15) is 9.13 Å². The highest BCUT2D eigenvalue weighted by Gasteiger charge is 2.44. The third-order valence-corrected chi connectivity index (χ3v) is 5.07. The van der Waals surface area contributed by atoms with Gasteiger partial charge in [0, 0.05) is 0 Å². The lowest BCUT2D eigenvalue weighted by atomic mass is 10.2. The van der Waals surface area contributed by atoms with Gasteiger partial charge in [0.15, 0.2) is 0 Å². The first kappa shape index (κ1) is 14.5. The average Bonchev–Trinajstić information content (AvgIpc) is 2.15. The van der Waals surface area contributed by atoms with Gasteiger partial charge in [0.2, 0.25) is 0 Å². The Kier molecular flexibility index (Phi) is 4.63. The number of ether oxygens (including phenoxy) is 1. The van der Waals surface area contributed by atoms with Gasteiger partial charge < -0.3 is 24.3 Å². The molecular weight excluding hydrogens is 270 g/mol. The lowest BCUT2D eigenvalue weighted by molar-refractivity contribution is 0.100. The van der Waals surface area contributed by atoms with Gasteiger partial charge in [-0.1, -0.05) is 30.3 Å². The molecule has 0 amide bonds. The summed E-state index contributed by atoms with van der Waals surface area (Å²) in [6.07, 6.45) is 0. The van der Waals surface area contributed by atoms with Crippen molar-refractivity contribution in [2.24, 2.45) is 0 Å². The van der Waals surface area contributed by atoms with E-state index in [1.54, 1.807) is 30.3 Å². The highest BCUT2D eigenvalue weighted by atomic mass is 31.2. The van der Waals surface area contributed by atoms with Crippen molar-refractivity contribution in [3.63, 3.8) is 0 Å². The summed E-state index contributed by atoms with van der Waals surface area (Å²) < 4.78 is 26.4. The monoisotopic (exact) mass is 282 g/mol. The average molecular weight is 282 g/mol.